The lowest BCUT2D eigenvalue weighted by molar-refractivity contribution is 0.521. The monoisotopic (exact) mass is 222 g/mol. The highest BCUT2D eigenvalue weighted by atomic mass is 32.2. The van der Waals surface area contributed by atoms with E-state index in [2.05, 4.69) is 15.6 Å². The zero-order chi connectivity index (χ0) is 10.4. The molecule has 6 heteroatoms. The molecular weight excluding hydrogens is 212 g/mol. The molecule has 0 radical (unpaired) electrons. The van der Waals surface area contributed by atoms with Gasteiger partial charge in [0.1, 0.15) is 5.82 Å². The summed E-state index contributed by atoms with van der Waals surface area (Å²) in [6.07, 6.45) is 1.54. The minimum Gasteiger partial charge on any atom is -0.357 e. The van der Waals surface area contributed by atoms with Gasteiger partial charge in [0.05, 0.1) is 29.3 Å². The number of aliphatic imine (C=N–C) groups is 1. The molecule has 0 amide bonds. The van der Waals surface area contributed by atoms with Crippen LogP contribution in [-0.4, -0.2) is 22.8 Å². The van der Waals surface area contributed by atoms with Crippen LogP contribution in [0.5, 0.6) is 0 Å². The largest absolute Gasteiger partial charge is 0.357 e. The number of fused-ring (bicyclic) bond motifs is 2. The fourth-order valence-electron chi connectivity index (χ4n) is 1.84. The molecule has 3 aliphatic heterocycles. The predicted molar refractivity (Wildman–Crippen MR) is 58.9 cm³/mol. The fourth-order valence-corrected chi connectivity index (χ4v) is 2.66. The molecule has 0 bridgehead atoms. The van der Waals surface area contributed by atoms with Crippen LogP contribution in [0.4, 0.5) is 0 Å². The topological polar surface area (TPSA) is 79.5 Å². The average molecular weight is 222 g/mol. The first-order valence-electron chi connectivity index (χ1n) is 4.61. The Labute approximate surface area is 89.3 Å². The molecule has 3 heterocycles. The lowest BCUT2D eigenvalue weighted by Crippen LogP contribution is -2.48. The van der Waals surface area contributed by atoms with Gasteiger partial charge in [-0.2, -0.15) is 0 Å². The van der Waals surface area contributed by atoms with Crippen molar-refractivity contribution in [2.45, 2.75) is 6.17 Å². The summed E-state index contributed by atoms with van der Waals surface area (Å²) < 4.78 is 11.4. The number of nitrogens with zero attached hydrogens (tertiary/aromatic N) is 1. The molecule has 0 aliphatic carbocycles. The van der Waals surface area contributed by atoms with E-state index >= 15 is 0 Å². The van der Waals surface area contributed by atoms with Crippen molar-refractivity contribution in [3.63, 3.8) is 0 Å². The molecular formula is C9H10N4OS. The molecule has 3 aliphatic rings. The van der Waals surface area contributed by atoms with E-state index in [1.165, 1.54) is 0 Å². The van der Waals surface area contributed by atoms with Crippen LogP contribution in [0, 0.1) is 0 Å². The van der Waals surface area contributed by atoms with E-state index in [1.54, 1.807) is 16.9 Å². The standard InChI is InChI=1S/C9H10N4OS/c10-8-7-5-3-15(14)2-1-6(5)13-9(7)12-4-11-8/h1-3,8,11-12H,4,10H2. The zero-order valence-electron chi connectivity index (χ0n) is 7.86. The van der Waals surface area contributed by atoms with Crippen molar-refractivity contribution >= 4 is 16.5 Å². The summed E-state index contributed by atoms with van der Waals surface area (Å²) >= 11 is 0. The molecule has 2 unspecified atom stereocenters. The third-order valence-corrected chi connectivity index (χ3v) is 3.41. The highest BCUT2D eigenvalue weighted by Gasteiger charge is 2.31. The Hall–Kier alpha value is -1.24. The van der Waals surface area contributed by atoms with E-state index in [1.807, 2.05) is 0 Å². The smallest absolute Gasteiger partial charge is 0.134 e. The summed E-state index contributed by atoms with van der Waals surface area (Å²) in [4.78, 5) is 4.39. The van der Waals surface area contributed by atoms with E-state index in [0.717, 1.165) is 22.7 Å². The molecule has 0 saturated carbocycles. The summed E-state index contributed by atoms with van der Waals surface area (Å²) in [7, 11) is -1.05. The third-order valence-electron chi connectivity index (χ3n) is 2.54. The van der Waals surface area contributed by atoms with Crippen LogP contribution in [0.3, 0.4) is 0 Å². The van der Waals surface area contributed by atoms with E-state index in [-0.39, 0.29) is 6.17 Å². The molecule has 4 N–H and O–H groups in total. The number of nitrogens with one attached hydrogen (secondary N) is 2. The van der Waals surface area contributed by atoms with Crippen LogP contribution >= 0.6 is 0 Å². The van der Waals surface area contributed by atoms with Crippen LogP contribution < -0.4 is 16.4 Å². The van der Waals surface area contributed by atoms with Crippen molar-refractivity contribution in [3.05, 3.63) is 33.9 Å². The van der Waals surface area contributed by atoms with Crippen molar-refractivity contribution in [1.29, 1.82) is 0 Å². The molecule has 0 spiro atoms. The Morgan fingerprint density at radius 2 is 2.47 bits per heavy atom. The molecule has 0 saturated heterocycles. The van der Waals surface area contributed by atoms with Gasteiger partial charge in [-0.25, -0.2) is 4.99 Å². The van der Waals surface area contributed by atoms with E-state index < -0.39 is 10.8 Å². The van der Waals surface area contributed by atoms with Gasteiger partial charge in [-0.05, 0) is 6.08 Å². The quantitative estimate of drug-likeness (QED) is 0.504. The first-order chi connectivity index (χ1) is 7.25. The number of hydrogen-bond donors (Lipinski definition) is 3. The molecule has 3 rings (SSSR count). The summed E-state index contributed by atoms with van der Waals surface area (Å²) in [5, 5.41) is 9.50. The van der Waals surface area contributed by atoms with Crippen molar-refractivity contribution in [2.24, 2.45) is 10.7 Å². The summed E-state index contributed by atoms with van der Waals surface area (Å²) in [5.74, 6) is 0.797. The van der Waals surface area contributed by atoms with Crippen LogP contribution in [0.25, 0.3) is 0 Å². The maximum atomic E-state index is 11.4. The second-order valence-corrected chi connectivity index (χ2v) is 4.62. The second kappa shape index (κ2) is 3.13. The molecule has 78 valence electrons. The lowest BCUT2D eigenvalue weighted by Gasteiger charge is -2.23. The molecule has 0 aromatic rings. The Morgan fingerprint density at radius 3 is 3.33 bits per heavy atom. The first-order valence-corrected chi connectivity index (χ1v) is 5.89. The van der Waals surface area contributed by atoms with Gasteiger partial charge >= 0.3 is 0 Å². The van der Waals surface area contributed by atoms with Crippen molar-refractivity contribution < 1.29 is 4.21 Å². The van der Waals surface area contributed by atoms with Crippen molar-refractivity contribution in [2.75, 3.05) is 6.67 Å². The van der Waals surface area contributed by atoms with Crippen LogP contribution in [0.1, 0.15) is 0 Å². The Bertz CT molecular complexity index is 475. The van der Waals surface area contributed by atoms with E-state index in [9.17, 15) is 4.21 Å². The Morgan fingerprint density at radius 1 is 1.60 bits per heavy atom. The summed E-state index contributed by atoms with van der Waals surface area (Å²) in [6, 6.07) is 0. The van der Waals surface area contributed by atoms with Gasteiger partial charge in [0.15, 0.2) is 0 Å². The fraction of sp³-hybridized carbons (Fsp3) is 0.222. The Kier molecular flexibility index (Phi) is 1.88. The normalized spacial score (nSPS) is 32.9. The number of rotatable bonds is 0. The van der Waals surface area contributed by atoms with Crippen molar-refractivity contribution in [3.8, 4) is 0 Å². The van der Waals surface area contributed by atoms with Crippen LogP contribution in [0.2, 0.25) is 0 Å². The van der Waals surface area contributed by atoms with Gasteiger partial charge in [-0.1, -0.05) is 0 Å². The Balaban J connectivity index is 2.12. The molecule has 0 aromatic heterocycles. The molecule has 2 atom stereocenters. The van der Waals surface area contributed by atoms with Gasteiger partial charge in [0.25, 0.3) is 0 Å². The molecule has 5 nitrogen and oxygen atoms in total. The molecule has 15 heavy (non-hydrogen) atoms. The maximum absolute atomic E-state index is 11.4. The zero-order valence-corrected chi connectivity index (χ0v) is 8.67. The summed E-state index contributed by atoms with van der Waals surface area (Å²) in [6.45, 7) is 0.608. The van der Waals surface area contributed by atoms with Gasteiger partial charge in [-0.3, -0.25) is 9.53 Å². The molecule has 0 aromatic carbocycles. The predicted octanol–water partition coefficient (Wildman–Crippen LogP) is -0.752. The van der Waals surface area contributed by atoms with E-state index in [4.69, 9.17) is 5.73 Å². The number of allylic oxidation sites excluding steroid dienone is 1. The minimum absolute atomic E-state index is 0.239. The second-order valence-electron chi connectivity index (χ2n) is 3.46. The number of nitrogens with two attached hydrogens (primary N) is 1. The third kappa shape index (κ3) is 1.30. The highest BCUT2D eigenvalue weighted by molar-refractivity contribution is 7.91. The van der Waals surface area contributed by atoms with Crippen molar-refractivity contribution in [1.82, 2.24) is 10.6 Å². The SMILES string of the molecule is NC1NCNC2=C1C1=CS(=O)C=CC1=N2. The van der Waals surface area contributed by atoms with Gasteiger partial charge in [-0.15, -0.1) is 0 Å². The van der Waals surface area contributed by atoms with Gasteiger partial charge < -0.3 is 11.1 Å². The first kappa shape index (κ1) is 9.02. The average Bonchev–Trinajstić information content (AvgIpc) is 2.57. The summed E-state index contributed by atoms with van der Waals surface area (Å²) in [5.41, 5.74) is 8.56. The van der Waals surface area contributed by atoms with Gasteiger partial charge in [0, 0.05) is 22.0 Å². The molecule has 0 fully saturated rings. The number of hydrogen-bond acceptors (Lipinski definition) is 5. The minimum atomic E-state index is -1.05. The maximum Gasteiger partial charge on any atom is 0.134 e. The lowest BCUT2D eigenvalue weighted by atomic mass is 10.0. The van der Waals surface area contributed by atoms with Gasteiger partial charge in [0.2, 0.25) is 0 Å². The van der Waals surface area contributed by atoms with E-state index in [0.29, 0.717) is 6.67 Å². The highest BCUT2D eigenvalue weighted by Crippen LogP contribution is 2.29. The van der Waals surface area contributed by atoms with Crippen LogP contribution in [-0.2, 0) is 10.8 Å². The van der Waals surface area contributed by atoms with Crippen LogP contribution in [0.15, 0.2) is 38.9 Å².